The number of para-hydroxylation sites is 1. The van der Waals surface area contributed by atoms with Crippen LogP contribution in [0.3, 0.4) is 0 Å². The van der Waals surface area contributed by atoms with E-state index in [1.807, 2.05) is 60.2 Å². The average molecular weight is 403 g/mol. The number of hydrogen-bond donors (Lipinski definition) is 2. The minimum Gasteiger partial charge on any atom is -0.355 e. The van der Waals surface area contributed by atoms with Gasteiger partial charge in [-0.2, -0.15) is 0 Å². The summed E-state index contributed by atoms with van der Waals surface area (Å²) in [4.78, 5) is 31.4. The minimum atomic E-state index is -0.520. The van der Waals surface area contributed by atoms with E-state index in [1.54, 1.807) is 23.4 Å². The van der Waals surface area contributed by atoms with E-state index in [1.165, 1.54) is 0 Å². The molecule has 0 bridgehead atoms. The van der Waals surface area contributed by atoms with Gasteiger partial charge in [-0.25, -0.2) is 4.98 Å². The number of carbonyl (C=O) groups excluding carboxylic acids is 2. The van der Waals surface area contributed by atoms with Crippen molar-refractivity contribution in [2.45, 2.75) is 25.4 Å². The number of benzene rings is 2. The van der Waals surface area contributed by atoms with Crippen LogP contribution in [0, 0.1) is 0 Å². The van der Waals surface area contributed by atoms with Crippen molar-refractivity contribution in [2.24, 2.45) is 5.73 Å². The molecule has 4 rings (SSSR count). The Kier molecular flexibility index (Phi) is 5.63. The molecule has 3 N–H and O–H groups in total. The fraction of sp³-hybridized carbons (Fsp3) is 0.261. The average Bonchev–Trinajstić information content (AvgIpc) is 3.41. The predicted molar refractivity (Wildman–Crippen MR) is 115 cm³/mol. The molecule has 3 aromatic rings. The van der Waals surface area contributed by atoms with Gasteiger partial charge in [-0.1, -0.05) is 30.3 Å². The first-order chi connectivity index (χ1) is 14.6. The molecule has 0 radical (unpaired) electrons. The highest BCUT2D eigenvalue weighted by Gasteiger charge is 2.38. The van der Waals surface area contributed by atoms with Crippen molar-refractivity contribution < 1.29 is 9.59 Å². The summed E-state index contributed by atoms with van der Waals surface area (Å²) in [6.45, 7) is 2.76. The highest BCUT2D eigenvalue weighted by atomic mass is 16.2. The van der Waals surface area contributed by atoms with Crippen LogP contribution in [0.2, 0.25) is 0 Å². The van der Waals surface area contributed by atoms with Crippen LogP contribution in [0.15, 0.2) is 67.1 Å². The van der Waals surface area contributed by atoms with Gasteiger partial charge in [0.1, 0.15) is 6.04 Å². The van der Waals surface area contributed by atoms with Gasteiger partial charge in [-0.15, -0.1) is 0 Å². The van der Waals surface area contributed by atoms with Crippen LogP contribution in [0.25, 0.3) is 16.9 Å². The third-order valence-corrected chi connectivity index (χ3v) is 5.31. The molecule has 7 heteroatoms. The SMILES string of the molecule is CCNC(=O)[C@@H]1C[C@@H](N)CN1C(=O)c1ccc(-c2cn(-c3ccccc3)cn2)cc1. The fourth-order valence-corrected chi connectivity index (χ4v) is 3.80. The molecule has 0 saturated carbocycles. The molecule has 1 aliphatic heterocycles. The fourth-order valence-electron chi connectivity index (χ4n) is 3.80. The summed E-state index contributed by atoms with van der Waals surface area (Å²) in [6, 6.07) is 16.6. The Balaban J connectivity index is 1.51. The molecule has 2 atom stereocenters. The second-order valence-electron chi connectivity index (χ2n) is 7.44. The maximum Gasteiger partial charge on any atom is 0.254 e. The topological polar surface area (TPSA) is 93.3 Å². The molecule has 1 fully saturated rings. The Hall–Kier alpha value is -3.45. The van der Waals surface area contributed by atoms with Crippen LogP contribution in [0.5, 0.6) is 0 Å². The molecule has 1 saturated heterocycles. The van der Waals surface area contributed by atoms with Gasteiger partial charge in [0.05, 0.1) is 12.0 Å². The van der Waals surface area contributed by atoms with E-state index in [2.05, 4.69) is 10.3 Å². The van der Waals surface area contributed by atoms with Gasteiger partial charge < -0.3 is 20.5 Å². The molecule has 2 heterocycles. The summed E-state index contributed by atoms with van der Waals surface area (Å²) in [5, 5.41) is 2.79. The van der Waals surface area contributed by atoms with Gasteiger partial charge in [0.2, 0.25) is 5.91 Å². The minimum absolute atomic E-state index is 0.151. The number of nitrogens with one attached hydrogen (secondary N) is 1. The number of nitrogens with two attached hydrogens (primary N) is 1. The van der Waals surface area contributed by atoms with Crippen LogP contribution in [-0.2, 0) is 4.79 Å². The number of nitrogens with zero attached hydrogens (tertiary/aromatic N) is 3. The second kappa shape index (κ2) is 8.51. The molecule has 0 unspecified atom stereocenters. The molecule has 1 aromatic heterocycles. The van der Waals surface area contributed by atoms with E-state index in [0.29, 0.717) is 25.1 Å². The molecular weight excluding hydrogens is 378 g/mol. The summed E-state index contributed by atoms with van der Waals surface area (Å²) in [5.41, 5.74) is 9.33. The summed E-state index contributed by atoms with van der Waals surface area (Å²) in [5.74, 6) is -0.331. The number of imidazole rings is 1. The van der Waals surface area contributed by atoms with E-state index >= 15 is 0 Å². The Morgan fingerprint density at radius 2 is 1.87 bits per heavy atom. The molecule has 7 nitrogen and oxygen atoms in total. The van der Waals surface area contributed by atoms with Crippen LogP contribution in [-0.4, -0.2) is 51.4 Å². The molecule has 2 amide bonds. The Morgan fingerprint density at radius 1 is 1.13 bits per heavy atom. The number of likely N-dealkylation sites (tertiary alicyclic amines) is 1. The van der Waals surface area contributed by atoms with Crippen molar-refractivity contribution in [2.75, 3.05) is 13.1 Å². The lowest BCUT2D eigenvalue weighted by Gasteiger charge is -2.23. The van der Waals surface area contributed by atoms with Gasteiger partial charge in [-0.05, 0) is 37.6 Å². The molecule has 2 aromatic carbocycles. The summed E-state index contributed by atoms with van der Waals surface area (Å²) >= 11 is 0. The van der Waals surface area contributed by atoms with Crippen molar-refractivity contribution in [3.63, 3.8) is 0 Å². The summed E-state index contributed by atoms with van der Waals surface area (Å²) in [6.07, 6.45) is 4.20. The van der Waals surface area contributed by atoms with Gasteiger partial charge in [-0.3, -0.25) is 9.59 Å². The number of amides is 2. The number of aromatic nitrogens is 2. The monoisotopic (exact) mass is 403 g/mol. The van der Waals surface area contributed by atoms with E-state index in [0.717, 1.165) is 16.9 Å². The lowest BCUT2D eigenvalue weighted by molar-refractivity contribution is -0.124. The number of rotatable bonds is 5. The van der Waals surface area contributed by atoms with Crippen LogP contribution in [0.4, 0.5) is 0 Å². The van der Waals surface area contributed by atoms with E-state index < -0.39 is 6.04 Å². The van der Waals surface area contributed by atoms with E-state index in [9.17, 15) is 9.59 Å². The maximum absolute atomic E-state index is 13.0. The number of carbonyl (C=O) groups is 2. The molecule has 0 aliphatic carbocycles. The smallest absolute Gasteiger partial charge is 0.254 e. The largest absolute Gasteiger partial charge is 0.355 e. The Labute approximate surface area is 175 Å². The van der Waals surface area contributed by atoms with Gasteiger partial charge in [0.25, 0.3) is 5.91 Å². The first-order valence-electron chi connectivity index (χ1n) is 10.1. The van der Waals surface area contributed by atoms with E-state index in [-0.39, 0.29) is 17.9 Å². The Morgan fingerprint density at radius 3 is 2.57 bits per heavy atom. The second-order valence-corrected chi connectivity index (χ2v) is 7.44. The third kappa shape index (κ3) is 3.97. The molecule has 154 valence electrons. The highest BCUT2D eigenvalue weighted by Crippen LogP contribution is 2.23. The predicted octanol–water partition coefficient (Wildman–Crippen LogP) is 2.22. The van der Waals surface area contributed by atoms with Crippen molar-refractivity contribution in [3.05, 3.63) is 72.7 Å². The van der Waals surface area contributed by atoms with Crippen LogP contribution < -0.4 is 11.1 Å². The first kappa shape index (κ1) is 19.8. The number of hydrogen-bond acceptors (Lipinski definition) is 4. The maximum atomic E-state index is 13.0. The van der Waals surface area contributed by atoms with Crippen LogP contribution in [0.1, 0.15) is 23.7 Å². The van der Waals surface area contributed by atoms with Crippen molar-refractivity contribution in [3.8, 4) is 16.9 Å². The molecule has 0 spiro atoms. The summed E-state index contributed by atoms with van der Waals surface area (Å²) in [7, 11) is 0. The molecule has 1 aliphatic rings. The molecular formula is C23H25N5O2. The van der Waals surface area contributed by atoms with Crippen molar-refractivity contribution >= 4 is 11.8 Å². The van der Waals surface area contributed by atoms with E-state index in [4.69, 9.17) is 5.73 Å². The Bertz CT molecular complexity index is 1030. The zero-order valence-corrected chi connectivity index (χ0v) is 16.9. The normalized spacial score (nSPS) is 18.4. The third-order valence-electron chi connectivity index (χ3n) is 5.31. The first-order valence-corrected chi connectivity index (χ1v) is 10.1. The lowest BCUT2D eigenvalue weighted by Crippen LogP contribution is -2.45. The van der Waals surface area contributed by atoms with Gasteiger partial charge >= 0.3 is 0 Å². The summed E-state index contributed by atoms with van der Waals surface area (Å²) < 4.78 is 1.96. The quantitative estimate of drug-likeness (QED) is 0.683. The number of likely N-dealkylation sites (N-methyl/N-ethyl adjacent to an activating group) is 1. The highest BCUT2D eigenvalue weighted by molar-refractivity contribution is 5.98. The van der Waals surface area contributed by atoms with Crippen molar-refractivity contribution in [1.82, 2.24) is 19.8 Å². The van der Waals surface area contributed by atoms with Gasteiger partial charge in [0, 0.05) is 42.1 Å². The zero-order chi connectivity index (χ0) is 21.1. The molecule has 30 heavy (non-hydrogen) atoms. The van der Waals surface area contributed by atoms with Gasteiger partial charge in [0.15, 0.2) is 0 Å². The zero-order valence-electron chi connectivity index (χ0n) is 16.9. The standard InChI is InChI=1S/C23H25N5O2/c1-2-25-22(29)21-12-18(24)13-28(21)23(30)17-10-8-16(9-11-17)20-14-27(15-26-20)19-6-4-3-5-7-19/h3-11,14-15,18,21H,2,12-13,24H2,1H3,(H,25,29)/t18-,21+/m1/s1. The lowest BCUT2D eigenvalue weighted by atomic mass is 10.1. The van der Waals surface area contributed by atoms with Crippen LogP contribution >= 0.6 is 0 Å². The van der Waals surface area contributed by atoms with Crippen molar-refractivity contribution in [1.29, 1.82) is 0 Å².